The van der Waals surface area contributed by atoms with Crippen molar-refractivity contribution in [1.29, 1.82) is 0 Å². The Morgan fingerprint density at radius 2 is 2.00 bits per heavy atom. The molecular weight excluding hydrogens is 488 g/mol. The summed E-state index contributed by atoms with van der Waals surface area (Å²) in [6, 6.07) is 1.62. The van der Waals surface area contributed by atoms with Gasteiger partial charge in [-0.2, -0.15) is 4.98 Å². The predicted molar refractivity (Wildman–Crippen MR) is 133 cm³/mol. The Hall–Kier alpha value is -3.54. The Balaban J connectivity index is 1.92. The first-order valence-corrected chi connectivity index (χ1v) is 12.4. The highest BCUT2D eigenvalue weighted by molar-refractivity contribution is 7.14. The number of aryl methyl sites for hydroxylation is 2. The van der Waals surface area contributed by atoms with Gasteiger partial charge < -0.3 is 9.84 Å². The van der Waals surface area contributed by atoms with Gasteiger partial charge in [0.1, 0.15) is 10.7 Å². The lowest BCUT2D eigenvalue weighted by Crippen LogP contribution is -2.46. The van der Waals surface area contributed by atoms with Crippen LogP contribution < -0.4 is 15.8 Å². The molecule has 0 radical (unpaired) electrons. The van der Waals surface area contributed by atoms with E-state index in [1.165, 1.54) is 11.3 Å². The van der Waals surface area contributed by atoms with Crippen LogP contribution in [0.25, 0.3) is 0 Å². The molecule has 0 aliphatic carbocycles. The number of carboxylic acids is 1. The molecule has 11 nitrogen and oxygen atoms in total. The number of H-pyrrole nitrogens is 1. The first-order valence-electron chi connectivity index (χ1n) is 11.6. The summed E-state index contributed by atoms with van der Waals surface area (Å²) >= 11 is 1.20. The zero-order chi connectivity index (χ0) is 26.8. The average Bonchev–Trinajstić information content (AvgIpc) is 3.17. The van der Waals surface area contributed by atoms with Crippen LogP contribution in [0.2, 0.25) is 0 Å². The highest BCUT2D eigenvalue weighted by Gasteiger charge is 2.36. The van der Waals surface area contributed by atoms with Crippen molar-refractivity contribution in [2.75, 3.05) is 23.4 Å². The number of nitrogens with zero attached hydrogens (tertiary/aromatic N) is 2. The van der Waals surface area contributed by atoms with Crippen molar-refractivity contribution in [2.45, 2.75) is 53.9 Å². The van der Waals surface area contributed by atoms with Gasteiger partial charge in [0.25, 0.3) is 5.56 Å². The summed E-state index contributed by atoms with van der Waals surface area (Å²) in [5.41, 5.74) is -0.171. The second-order valence-corrected chi connectivity index (χ2v) is 10.8. The number of thiophene rings is 1. The fourth-order valence-corrected chi connectivity index (χ4v) is 4.86. The lowest BCUT2D eigenvalue weighted by molar-refractivity contribution is -0.153. The van der Waals surface area contributed by atoms with Crippen molar-refractivity contribution in [2.24, 2.45) is 11.3 Å². The minimum atomic E-state index is -1.06. The van der Waals surface area contributed by atoms with E-state index in [4.69, 9.17) is 4.74 Å². The van der Waals surface area contributed by atoms with Crippen LogP contribution in [-0.4, -0.2) is 52.0 Å². The fraction of sp³-hybridized carbons (Fsp3) is 0.500. The van der Waals surface area contributed by atoms with E-state index in [0.717, 1.165) is 15.3 Å². The molecule has 2 aromatic rings. The highest BCUT2D eigenvalue weighted by Crippen LogP contribution is 2.31. The molecule has 1 aliphatic heterocycles. The van der Waals surface area contributed by atoms with E-state index in [0.29, 0.717) is 19.3 Å². The summed E-state index contributed by atoms with van der Waals surface area (Å²) in [5, 5.41) is 11.8. The molecule has 1 unspecified atom stereocenters. The maximum Gasteiger partial charge on any atom is 0.397 e. The number of hydrogen-bond donors (Lipinski definition) is 3. The van der Waals surface area contributed by atoms with E-state index >= 15 is 0 Å². The van der Waals surface area contributed by atoms with E-state index in [9.17, 15) is 29.1 Å². The molecule has 2 amide bonds. The van der Waals surface area contributed by atoms with Gasteiger partial charge in [0, 0.05) is 16.8 Å². The van der Waals surface area contributed by atoms with Crippen LogP contribution >= 0.6 is 11.3 Å². The van der Waals surface area contributed by atoms with Crippen LogP contribution in [0.3, 0.4) is 0 Å². The van der Waals surface area contributed by atoms with E-state index < -0.39 is 28.8 Å². The fourth-order valence-electron chi connectivity index (χ4n) is 3.83. The number of aromatic amines is 1. The van der Waals surface area contributed by atoms with Crippen LogP contribution in [-0.2, 0) is 32.0 Å². The number of anilines is 2. The van der Waals surface area contributed by atoms with Crippen LogP contribution in [0.5, 0.6) is 0 Å². The van der Waals surface area contributed by atoms with Crippen molar-refractivity contribution in [3.63, 3.8) is 0 Å². The standard InChI is InChI=1S/C24H30N4O7S/c1-6-35-21(33)19(30)28-11-13(7-8-15-12(2)9-16(36-15)20(31)32)10-14-17(28)25-23(26-18(14)29)27-22(34)24(3,4)5/h9,13H,6-8,10-11H2,1-5H3,(H,31,32)(H2,25,26,27,29,34). The van der Waals surface area contributed by atoms with Gasteiger partial charge in [-0.15, -0.1) is 11.3 Å². The minimum absolute atomic E-state index is 0.00789. The molecule has 36 heavy (non-hydrogen) atoms. The number of carbonyl (C=O) groups is 4. The van der Waals surface area contributed by atoms with Crippen LogP contribution in [0.15, 0.2) is 10.9 Å². The Morgan fingerprint density at radius 3 is 2.58 bits per heavy atom. The molecule has 0 saturated carbocycles. The number of carboxylic acid groups (broad SMARTS) is 1. The van der Waals surface area contributed by atoms with Crippen molar-refractivity contribution < 1.29 is 29.0 Å². The van der Waals surface area contributed by atoms with Gasteiger partial charge in [-0.05, 0) is 50.7 Å². The second-order valence-electron chi connectivity index (χ2n) is 9.69. The third-order valence-electron chi connectivity index (χ3n) is 5.80. The summed E-state index contributed by atoms with van der Waals surface area (Å²) in [6.07, 6.45) is 1.40. The smallest absolute Gasteiger partial charge is 0.397 e. The third kappa shape index (κ3) is 5.99. The van der Waals surface area contributed by atoms with E-state index in [2.05, 4.69) is 15.3 Å². The number of rotatable bonds is 6. The molecule has 1 atom stereocenters. The molecule has 0 saturated heterocycles. The Morgan fingerprint density at radius 1 is 1.31 bits per heavy atom. The Kier molecular flexibility index (Phi) is 7.97. The molecule has 3 rings (SSSR count). The van der Waals surface area contributed by atoms with E-state index in [1.54, 1.807) is 33.8 Å². The van der Waals surface area contributed by atoms with Crippen LogP contribution in [0.4, 0.5) is 11.8 Å². The van der Waals surface area contributed by atoms with Gasteiger partial charge in [0.05, 0.1) is 12.2 Å². The van der Waals surface area contributed by atoms with Crippen molar-refractivity contribution in [1.82, 2.24) is 9.97 Å². The number of nitrogens with one attached hydrogen (secondary N) is 2. The molecule has 1 aliphatic rings. The zero-order valence-electron chi connectivity index (χ0n) is 20.9. The number of hydrogen-bond acceptors (Lipinski definition) is 8. The van der Waals surface area contributed by atoms with Crippen LogP contribution in [0.1, 0.15) is 59.8 Å². The Labute approximate surface area is 211 Å². The zero-order valence-corrected chi connectivity index (χ0v) is 21.7. The molecular formula is C24H30N4O7S. The molecule has 0 bridgehead atoms. The first-order chi connectivity index (χ1) is 16.8. The van der Waals surface area contributed by atoms with Gasteiger partial charge in [-0.25, -0.2) is 9.59 Å². The molecule has 3 N–H and O–H groups in total. The lowest BCUT2D eigenvalue weighted by Gasteiger charge is -2.32. The maximum atomic E-state index is 13.0. The van der Waals surface area contributed by atoms with Gasteiger partial charge in [-0.3, -0.25) is 29.6 Å². The monoisotopic (exact) mass is 518 g/mol. The van der Waals surface area contributed by atoms with Crippen molar-refractivity contribution in [3.05, 3.63) is 37.3 Å². The van der Waals surface area contributed by atoms with Gasteiger partial charge >= 0.3 is 17.8 Å². The number of aromatic carboxylic acids is 1. The molecule has 12 heteroatoms. The summed E-state index contributed by atoms with van der Waals surface area (Å²) < 4.78 is 4.88. The quantitative estimate of drug-likeness (QED) is 0.389. The summed E-state index contributed by atoms with van der Waals surface area (Å²) in [4.78, 5) is 71.0. The summed E-state index contributed by atoms with van der Waals surface area (Å²) in [6.45, 7) is 8.65. The number of carbonyl (C=O) groups excluding carboxylic acids is 3. The number of esters is 1. The molecule has 2 aromatic heterocycles. The van der Waals surface area contributed by atoms with Crippen molar-refractivity contribution >= 4 is 46.9 Å². The number of amides is 2. The number of fused-ring (bicyclic) bond motifs is 1. The number of aromatic nitrogens is 2. The van der Waals surface area contributed by atoms with Gasteiger partial charge in [0.2, 0.25) is 11.9 Å². The molecule has 0 fully saturated rings. The SMILES string of the molecule is CCOC(=O)C(=O)N1CC(CCc2sc(C(=O)O)cc2C)Cc2c1nc(NC(=O)C(C)(C)C)[nH]c2=O. The van der Waals surface area contributed by atoms with E-state index in [-0.39, 0.29) is 47.2 Å². The van der Waals surface area contributed by atoms with Crippen molar-refractivity contribution in [3.8, 4) is 0 Å². The predicted octanol–water partition coefficient (Wildman–Crippen LogP) is 2.52. The van der Waals surface area contributed by atoms with E-state index in [1.807, 2.05) is 6.92 Å². The number of ether oxygens (including phenoxy) is 1. The summed E-state index contributed by atoms with van der Waals surface area (Å²) in [5.74, 6) is -3.68. The normalized spacial score (nSPS) is 15.2. The van der Waals surface area contributed by atoms with Gasteiger partial charge in [0.15, 0.2) is 0 Å². The third-order valence-corrected chi connectivity index (χ3v) is 7.09. The molecule has 0 aromatic carbocycles. The topological polar surface area (TPSA) is 159 Å². The molecule has 3 heterocycles. The molecule has 194 valence electrons. The van der Waals surface area contributed by atoms with Crippen LogP contribution in [0, 0.1) is 18.3 Å². The highest BCUT2D eigenvalue weighted by atomic mass is 32.1. The Bertz CT molecular complexity index is 1260. The lowest BCUT2D eigenvalue weighted by atomic mass is 9.90. The van der Waals surface area contributed by atoms with Gasteiger partial charge in [-0.1, -0.05) is 20.8 Å². The largest absolute Gasteiger partial charge is 0.477 e. The maximum absolute atomic E-state index is 13.0. The molecule has 0 spiro atoms. The summed E-state index contributed by atoms with van der Waals surface area (Å²) in [7, 11) is 0. The second kappa shape index (κ2) is 10.6. The average molecular weight is 519 g/mol. The minimum Gasteiger partial charge on any atom is -0.477 e. The first kappa shape index (κ1) is 27.1.